The van der Waals surface area contributed by atoms with Crippen molar-refractivity contribution in [2.24, 2.45) is 0 Å². The molecule has 3 rings (SSSR count). The lowest BCUT2D eigenvalue weighted by Gasteiger charge is -2.00. The number of nitrogen functional groups attached to an aromatic ring is 1. The lowest BCUT2D eigenvalue weighted by molar-refractivity contribution is 0.865. The predicted octanol–water partition coefficient (Wildman–Crippen LogP) is 2.29. The molecule has 0 aliphatic carbocycles. The van der Waals surface area contributed by atoms with Gasteiger partial charge in [0.05, 0.1) is 16.8 Å². The van der Waals surface area contributed by atoms with Gasteiger partial charge in [-0.3, -0.25) is 5.10 Å². The topological polar surface area (TPSA) is 72.5 Å². The molecule has 0 amide bonds. The van der Waals surface area contributed by atoms with Gasteiger partial charge in [-0.15, -0.1) is 0 Å². The van der Waals surface area contributed by atoms with Crippen molar-refractivity contribution in [3.63, 3.8) is 0 Å². The van der Waals surface area contributed by atoms with E-state index in [2.05, 4.69) is 15.3 Å². The summed E-state index contributed by atoms with van der Waals surface area (Å²) in [6, 6.07) is 7.41. The van der Waals surface area contributed by atoms with Gasteiger partial charge in [-0.1, -0.05) is 11.6 Å². The second kappa shape index (κ2) is 3.49. The van der Waals surface area contributed by atoms with Gasteiger partial charge in [-0.05, 0) is 31.2 Å². The van der Waals surface area contributed by atoms with Crippen LogP contribution in [0.25, 0.3) is 16.7 Å². The SMILES string of the molecule is Cc1nn(-c2ccc(Cl)cc2)c2n[nH]c(N)c12. The molecule has 0 fully saturated rings. The van der Waals surface area contributed by atoms with Crippen molar-refractivity contribution >= 4 is 28.5 Å². The van der Waals surface area contributed by atoms with E-state index in [9.17, 15) is 0 Å². The first-order valence-corrected chi connectivity index (χ1v) is 5.50. The Morgan fingerprint density at radius 1 is 1.29 bits per heavy atom. The highest BCUT2D eigenvalue weighted by atomic mass is 35.5. The van der Waals surface area contributed by atoms with Crippen molar-refractivity contribution in [2.75, 3.05) is 5.73 Å². The molecule has 0 spiro atoms. The number of nitrogens with zero attached hydrogens (tertiary/aromatic N) is 3. The molecule has 2 aromatic heterocycles. The minimum Gasteiger partial charge on any atom is -0.383 e. The van der Waals surface area contributed by atoms with Crippen LogP contribution in [-0.4, -0.2) is 20.0 Å². The summed E-state index contributed by atoms with van der Waals surface area (Å²) in [6.45, 7) is 1.90. The average Bonchev–Trinajstić information content (AvgIpc) is 2.83. The zero-order valence-electron chi connectivity index (χ0n) is 9.11. The molecule has 0 unspecified atom stereocenters. The smallest absolute Gasteiger partial charge is 0.186 e. The van der Waals surface area contributed by atoms with E-state index in [0.29, 0.717) is 10.8 Å². The Bertz CT molecular complexity index is 680. The molecule has 0 saturated heterocycles. The van der Waals surface area contributed by atoms with Gasteiger partial charge >= 0.3 is 0 Å². The fraction of sp³-hybridized carbons (Fsp3) is 0.0909. The van der Waals surface area contributed by atoms with Crippen molar-refractivity contribution < 1.29 is 0 Å². The normalized spacial score (nSPS) is 11.2. The van der Waals surface area contributed by atoms with E-state index >= 15 is 0 Å². The van der Waals surface area contributed by atoms with Crippen LogP contribution >= 0.6 is 11.6 Å². The number of fused-ring (bicyclic) bond motifs is 1. The average molecular weight is 248 g/mol. The van der Waals surface area contributed by atoms with Gasteiger partial charge in [0.15, 0.2) is 5.65 Å². The Morgan fingerprint density at radius 2 is 2.00 bits per heavy atom. The molecule has 0 saturated carbocycles. The summed E-state index contributed by atoms with van der Waals surface area (Å²) < 4.78 is 1.74. The molecule has 3 N–H and O–H groups in total. The van der Waals surface area contributed by atoms with Crippen molar-refractivity contribution in [1.29, 1.82) is 0 Å². The molecule has 17 heavy (non-hydrogen) atoms. The van der Waals surface area contributed by atoms with E-state index < -0.39 is 0 Å². The molecule has 0 radical (unpaired) electrons. The molecule has 0 atom stereocenters. The van der Waals surface area contributed by atoms with E-state index in [1.807, 2.05) is 31.2 Å². The van der Waals surface area contributed by atoms with E-state index in [-0.39, 0.29) is 0 Å². The fourth-order valence-electron chi connectivity index (χ4n) is 1.87. The van der Waals surface area contributed by atoms with Gasteiger partial charge < -0.3 is 5.73 Å². The Labute approximate surface area is 102 Å². The summed E-state index contributed by atoms with van der Waals surface area (Å²) in [5.74, 6) is 0.540. The number of rotatable bonds is 1. The van der Waals surface area contributed by atoms with Gasteiger partial charge in [0.2, 0.25) is 0 Å². The van der Waals surface area contributed by atoms with Crippen LogP contribution < -0.4 is 5.73 Å². The summed E-state index contributed by atoms with van der Waals surface area (Å²) in [5.41, 5.74) is 8.27. The number of nitrogens with two attached hydrogens (primary N) is 1. The number of halogens is 1. The molecule has 0 bridgehead atoms. The van der Waals surface area contributed by atoms with E-state index in [4.69, 9.17) is 17.3 Å². The molecule has 5 nitrogen and oxygen atoms in total. The van der Waals surface area contributed by atoms with Gasteiger partial charge in [-0.2, -0.15) is 10.2 Å². The van der Waals surface area contributed by atoms with E-state index in [0.717, 1.165) is 22.4 Å². The van der Waals surface area contributed by atoms with Gasteiger partial charge in [-0.25, -0.2) is 4.68 Å². The second-order valence-corrected chi connectivity index (χ2v) is 4.25. The van der Waals surface area contributed by atoms with Crippen molar-refractivity contribution in [3.05, 3.63) is 35.0 Å². The Balaban J connectivity index is 2.27. The van der Waals surface area contributed by atoms with Crippen LogP contribution in [0, 0.1) is 6.92 Å². The van der Waals surface area contributed by atoms with E-state index in [1.54, 1.807) is 4.68 Å². The number of hydrogen-bond acceptors (Lipinski definition) is 3. The lowest BCUT2D eigenvalue weighted by Crippen LogP contribution is -1.97. The fourth-order valence-corrected chi connectivity index (χ4v) is 1.99. The quantitative estimate of drug-likeness (QED) is 0.693. The highest BCUT2D eigenvalue weighted by Crippen LogP contribution is 2.24. The third kappa shape index (κ3) is 1.47. The molecular formula is C11H10ClN5. The Morgan fingerprint density at radius 3 is 2.71 bits per heavy atom. The number of aromatic nitrogens is 4. The van der Waals surface area contributed by atoms with Crippen molar-refractivity contribution in [2.45, 2.75) is 6.92 Å². The number of benzene rings is 1. The van der Waals surface area contributed by atoms with Gasteiger partial charge in [0.1, 0.15) is 5.82 Å². The lowest BCUT2D eigenvalue weighted by atomic mass is 10.3. The number of hydrogen-bond donors (Lipinski definition) is 2. The second-order valence-electron chi connectivity index (χ2n) is 3.81. The van der Waals surface area contributed by atoms with Crippen molar-refractivity contribution in [1.82, 2.24) is 20.0 Å². The first kappa shape index (κ1) is 10.2. The minimum absolute atomic E-state index is 0.540. The standard InChI is InChI=1S/C11H10ClN5/c1-6-9-10(13)14-15-11(9)17(16-6)8-4-2-7(12)3-5-8/h2-5H,1H3,(H3,13,14,15). The zero-order valence-corrected chi connectivity index (χ0v) is 9.86. The summed E-state index contributed by atoms with van der Waals surface area (Å²) in [7, 11) is 0. The molecule has 86 valence electrons. The molecule has 0 aliphatic rings. The molecule has 3 aromatic rings. The number of nitrogens with one attached hydrogen (secondary N) is 1. The van der Waals surface area contributed by atoms with Crippen LogP contribution in [0.2, 0.25) is 5.02 Å². The Kier molecular flexibility index (Phi) is 2.09. The van der Waals surface area contributed by atoms with Crippen molar-refractivity contribution in [3.8, 4) is 5.69 Å². The monoisotopic (exact) mass is 247 g/mol. The summed E-state index contributed by atoms with van der Waals surface area (Å²) in [5, 5.41) is 12.9. The molecule has 2 heterocycles. The number of anilines is 1. The van der Waals surface area contributed by atoms with Crippen LogP contribution in [-0.2, 0) is 0 Å². The zero-order chi connectivity index (χ0) is 12.0. The molecule has 1 aromatic carbocycles. The Hall–Kier alpha value is -2.01. The minimum atomic E-state index is 0.540. The molecular weight excluding hydrogens is 238 g/mol. The van der Waals surface area contributed by atoms with Gasteiger partial charge in [0, 0.05) is 5.02 Å². The van der Waals surface area contributed by atoms with Crippen LogP contribution in [0.1, 0.15) is 5.69 Å². The molecule has 6 heteroatoms. The summed E-state index contributed by atoms with van der Waals surface area (Å²) in [4.78, 5) is 0. The van der Waals surface area contributed by atoms with E-state index in [1.165, 1.54) is 0 Å². The van der Waals surface area contributed by atoms with Crippen LogP contribution in [0.3, 0.4) is 0 Å². The van der Waals surface area contributed by atoms with Gasteiger partial charge in [0.25, 0.3) is 0 Å². The summed E-state index contributed by atoms with van der Waals surface area (Å²) >= 11 is 5.86. The van der Waals surface area contributed by atoms with Crippen LogP contribution in [0.5, 0.6) is 0 Å². The highest BCUT2D eigenvalue weighted by Gasteiger charge is 2.14. The first-order valence-electron chi connectivity index (χ1n) is 5.12. The van der Waals surface area contributed by atoms with Crippen LogP contribution in [0.4, 0.5) is 5.82 Å². The number of aromatic amines is 1. The predicted molar refractivity (Wildman–Crippen MR) is 67.4 cm³/mol. The number of H-pyrrole nitrogens is 1. The maximum atomic E-state index is 5.86. The maximum Gasteiger partial charge on any atom is 0.186 e. The highest BCUT2D eigenvalue weighted by molar-refractivity contribution is 6.30. The first-order chi connectivity index (χ1) is 8.16. The number of aryl methyl sites for hydroxylation is 1. The third-order valence-electron chi connectivity index (χ3n) is 2.66. The molecule has 0 aliphatic heterocycles. The maximum absolute atomic E-state index is 5.86. The van der Waals surface area contributed by atoms with Crippen LogP contribution in [0.15, 0.2) is 24.3 Å². The third-order valence-corrected chi connectivity index (χ3v) is 2.91. The largest absolute Gasteiger partial charge is 0.383 e. The summed E-state index contributed by atoms with van der Waals surface area (Å²) in [6.07, 6.45) is 0.